The van der Waals surface area contributed by atoms with E-state index in [1.54, 1.807) is 0 Å². The minimum absolute atomic E-state index is 0.0220. The maximum absolute atomic E-state index is 7.02. The van der Waals surface area contributed by atoms with Crippen LogP contribution in [-0.4, -0.2) is 17.3 Å². The van der Waals surface area contributed by atoms with Gasteiger partial charge in [-0.05, 0) is 55.4 Å². The van der Waals surface area contributed by atoms with E-state index < -0.39 is 0 Å². The topological polar surface area (TPSA) is 3.01 Å². The Hall–Kier alpha value is -2.64. The SMILES string of the molecule is CC1/C(=C\C=C2/CCCC(/C=C/C3=[N+](C)c4ccccc4C3(C)C)=C2Cl)C(C)(C)c2ccccc21. The van der Waals surface area contributed by atoms with Gasteiger partial charge in [0.05, 0.1) is 5.41 Å². The lowest BCUT2D eigenvalue weighted by Crippen LogP contribution is -2.26. The fourth-order valence-electron chi connectivity index (χ4n) is 6.54. The van der Waals surface area contributed by atoms with Crippen molar-refractivity contribution in [1.29, 1.82) is 0 Å². The molecule has 1 heterocycles. The molecule has 1 aliphatic heterocycles. The molecular formula is C33H37ClN+. The third-order valence-corrected chi connectivity index (χ3v) is 9.08. The summed E-state index contributed by atoms with van der Waals surface area (Å²) in [5.74, 6) is 0.432. The van der Waals surface area contributed by atoms with Crippen molar-refractivity contribution in [1.82, 2.24) is 0 Å². The third-order valence-electron chi connectivity index (χ3n) is 8.59. The molecule has 3 aliphatic rings. The van der Waals surface area contributed by atoms with Crippen molar-refractivity contribution in [3.8, 4) is 0 Å². The molecule has 2 heteroatoms. The number of nitrogens with zero attached hydrogens (tertiary/aromatic N) is 1. The number of para-hydroxylation sites is 1. The summed E-state index contributed by atoms with van der Waals surface area (Å²) in [6, 6.07) is 17.6. The number of hydrogen-bond acceptors (Lipinski definition) is 0. The van der Waals surface area contributed by atoms with E-state index in [0.717, 1.165) is 24.3 Å². The van der Waals surface area contributed by atoms with E-state index in [4.69, 9.17) is 11.6 Å². The van der Waals surface area contributed by atoms with Crippen molar-refractivity contribution in [2.45, 2.75) is 70.6 Å². The highest BCUT2D eigenvalue weighted by Gasteiger charge is 2.42. The Kier molecular flexibility index (Phi) is 6.04. The Labute approximate surface area is 216 Å². The first-order chi connectivity index (χ1) is 16.6. The van der Waals surface area contributed by atoms with E-state index >= 15 is 0 Å². The van der Waals surface area contributed by atoms with Gasteiger partial charge >= 0.3 is 0 Å². The first-order valence-corrected chi connectivity index (χ1v) is 13.3. The van der Waals surface area contributed by atoms with Crippen LogP contribution in [-0.2, 0) is 10.8 Å². The van der Waals surface area contributed by atoms with Crippen LogP contribution in [0.4, 0.5) is 5.69 Å². The molecule has 180 valence electrons. The minimum Gasteiger partial charge on any atom is -0.198 e. The van der Waals surface area contributed by atoms with Gasteiger partial charge in [-0.1, -0.05) is 98.6 Å². The zero-order chi connectivity index (χ0) is 25.0. The third kappa shape index (κ3) is 3.89. The van der Waals surface area contributed by atoms with Crippen LogP contribution < -0.4 is 0 Å². The maximum Gasteiger partial charge on any atom is 0.209 e. The predicted octanol–water partition coefficient (Wildman–Crippen LogP) is 8.87. The molecule has 1 nitrogen and oxygen atoms in total. The zero-order valence-electron chi connectivity index (χ0n) is 22.0. The molecular weight excluding hydrogens is 446 g/mol. The van der Waals surface area contributed by atoms with Gasteiger partial charge in [-0.25, -0.2) is 0 Å². The first kappa shape index (κ1) is 24.1. The molecule has 1 atom stereocenters. The number of allylic oxidation sites excluding steroid dienone is 8. The largest absolute Gasteiger partial charge is 0.209 e. The van der Waals surface area contributed by atoms with Gasteiger partial charge in [0.2, 0.25) is 5.69 Å². The van der Waals surface area contributed by atoms with Crippen LogP contribution in [0.15, 0.2) is 94.6 Å². The Morgan fingerprint density at radius 2 is 1.54 bits per heavy atom. The van der Waals surface area contributed by atoms with Crippen molar-refractivity contribution in [3.05, 3.63) is 111 Å². The summed E-state index contributed by atoms with van der Waals surface area (Å²) in [7, 11) is 2.17. The lowest BCUT2D eigenvalue weighted by atomic mass is 9.80. The van der Waals surface area contributed by atoms with Crippen LogP contribution in [0.1, 0.15) is 76.5 Å². The summed E-state index contributed by atoms with van der Waals surface area (Å²) >= 11 is 7.02. The lowest BCUT2D eigenvalue weighted by molar-refractivity contribution is -0.401. The molecule has 0 amide bonds. The minimum atomic E-state index is -0.0220. The fraction of sp³-hybridized carbons (Fsp3) is 0.364. The molecule has 0 N–H and O–H groups in total. The summed E-state index contributed by atoms with van der Waals surface area (Å²) in [5.41, 5.74) is 10.9. The monoisotopic (exact) mass is 482 g/mol. The maximum atomic E-state index is 7.02. The Balaban J connectivity index is 1.46. The highest BCUT2D eigenvalue weighted by atomic mass is 35.5. The average Bonchev–Trinajstić information content (AvgIpc) is 3.16. The quantitative estimate of drug-likeness (QED) is 0.384. The van der Waals surface area contributed by atoms with Gasteiger partial charge in [0, 0.05) is 34.1 Å². The second-order valence-corrected chi connectivity index (χ2v) is 11.7. The molecule has 0 radical (unpaired) electrons. The Morgan fingerprint density at radius 1 is 0.857 bits per heavy atom. The zero-order valence-corrected chi connectivity index (χ0v) is 22.7. The predicted molar refractivity (Wildman–Crippen MR) is 150 cm³/mol. The van der Waals surface area contributed by atoms with Crippen molar-refractivity contribution < 1.29 is 4.58 Å². The molecule has 0 bridgehead atoms. The van der Waals surface area contributed by atoms with E-state index in [-0.39, 0.29) is 10.8 Å². The molecule has 0 saturated heterocycles. The van der Waals surface area contributed by atoms with Crippen molar-refractivity contribution in [2.75, 3.05) is 7.05 Å². The number of benzene rings is 2. The molecule has 2 aliphatic carbocycles. The number of hydrogen-bond donors (Lipinski definition) is 0. The molecule has 0 fully saturated rings. The number of halogens is 1. The highest BCUT2D eigenvalue weighted by Crippen LogP contribution is 2.50. The molecule has 2 aromatic rings. The van der Waals surface area contributed by atoms with Crippen molar-refractivity contribution >= 4 is 23.0 Å². The fourth-order valence-corrected chi connectivity index (χ4v) is 6.86. The van der Waals surface area contributed by atoms with Gasteiger partial charge in [0.15, 0.2) is 5.71 Å². The Morgan fingerprint density at radius 3 is 2.26 bits per heavy atom. The normalized spacial score (nSPS) is 25.2. The van der Waals surface area contributed by atoms with Crippen molar-refractivity contribution in [2.24, 2.45) is 0 Å². The highest BCUT2D eigenvalue weighted by molar-refractivity contribution is 6.32. The molecule has 2 aromatic carbocycles. The summed E-state index contributed by atoms with van der Waals surface area (Å²) in [4.78, 5) is 0. The van der Waals surface area contributed by atoms with E-state index in [9.17, 15) is 0 Å². The molecule has 1 unspecified atom stereocenters. The molecule has 0 spiro atoms. The molecule has 0 saturated carbocycles. The van der Waals surface area contributed by atoms with E-state index in [1.807, 2.05) is 0 Å². The van der Waals surface area contributed by atoms with Gasteiger partial charge in [-0.2, -0.15) is 4.58 Å². The Bertz CT molecular complexity index is 1340. The van der Waals surface area contributed by atoms with Gasteiger partial charge < -0.3 is 0 Å². The van der Waals surface area contributed by atoms with Gasteiger partial charge in [0.25, 0.3) is 0 Å². The summed E-state index contributed by atoms with van der Waals surface area (Å²) < 4.78 is 2.32. The summed E-state index contributed by atoms with van der Waals surface area (Å²) in [5, 5.41) is 0.932. The second-order valence-electron chi connectivity index (χ2n) is 11.4. The van der Waals surface area contributed by atoms with E-state index in [2.05, 4.69) is 119 Å². The van der Waals surface area contributed by atoms with E-state index in [0.29, 0.717) is 5.92 Å². The number of fused-ring (bicyclic) bond motifs is 2. The molecule has 0 aromatic heterocycles. The van der Waals surface area contributed by atoms with Gasteiger partial charge in [-0.3, -0.25) is 0 Å². The van der Waals surface area contributed by atoms with Crippen LogP contribution >= 0.6 is 11.6 Å². The van der Waals surface area contributed by atoms with Crippen molar-refractivity contribution in [3.63, 3.8) is 0 Å². The van der Waals surface area contributed by atoms with Crippen LogP contribution in [0.25, 0.3) is 0 Å². The van der Waals surface area contributed by atoms with Crippen LogP contribution in [0.3, 0.4) is 0 Å². The lowest BCUT2D eigenvalue weighted by Gasteiger charge is -2.23. The van der Waals surface area contributed by atoms with Crippen LogP contribution in [0.5, 0.6) is 0 Å². The van der Waals surface area contributed by atoms with Crippen LogP contribution in [0, 0.1) is 0 Å². The average molecular weight is 483 g/mol. The molecule has 5 rings (SSSR count). The number of rotatable bonds is 3. The smallest absolute Gasteiger partial charge is 0.198 e. The summed E-state index contributed by atoms with van der Waals surface area (Å²) in [6.07, 6.45) is 12.4. The summed E-state index contributed by atoms with van der Waals surface area (Å²) in [6.45, 7) is 11.7. The van der Waals surface area contributed by atoms with Gasteiger partial charge in [0.1, 0.15) is 7.05 Å². The van der Waals surface area contributed by atoms with Gasteiger partial charge in [-0.15, -0.1) is 0 Å². The second kappa shape index (κ2) is 8.79. The molecule has 35 heavy (non-hydrogen) atoms. The first-order valence-electron chi connectivity index (χ1n) is 12.9. The standard InChI is InChI=1S/C33H37ClN/c1-22-25-14-7-8-15-27(25)32(2,3)26(22)20-18-23-12-11-13-24(31(23)34)19-21-30-33(4,5)28-16-9-10-17-29(28)35(30)6/h7-10,14-22H,11-13H2,1-6H3/q+1/b21-19+,23-18+,26-20+. The van der Waals surface area contributed by atoms with Crippen LogP contribution in [0.2, 0.25) is 0 Å². The van der Waals surface area contributed by atoms with E-state index in [1.165, 1.54) is 44.8 Å².